The summed E-state index contributed by atoms with van der Waals surface area (Å²) < 4.78 is 0. The topological polar surface area (TPSA) is 58.2 Å². The van der Waals surface area contributed by atoms with Crippen molar-refractivity contribution in [1.29, 1.82) is 0 Å². The number of hydrogen-bond donors (Lipinski definition) is 2. The fraction of sp³-hybridized carbons (Fsp3) is 0.800. The number of piperidine rings is 1. The molecule has 14 heavy (non-hydrogen) atoms. The van der Waals surface area contributed by atoms with Crippen LogP contribution in [-0.2, 0) is 9.59 Å². The molecule has 0 bridgehead atoms. The molecule has 0 aliphatic carbocycles. The van der Waals surface area contributed by atoms with E-state index >= 15 is 0 Å². The maximum atomic E-state index is 11.6. The molecule has 1 heterocycles. The van der Waals surface area contributed by atoms with Crippen LogP contribution in [0.2, 0.25) is 0 Å². The van der Waals surface area contributed by atoms with Gasteiger partial charge in [-0.15, -0.1) is 0 Å². The van der Waals surface area contributed by atoms with Gasteiger partial charge in [-0.1, -0.05) is 20.8 Å². The Bertz CT molecular complexity index is 243. The number of carbonyl (C=O) groups is 2. The molecule has 1 fully saturated rings. The normalized spacial score (nSPS) is 22.8. The van der Waals surface area contributed by atoms with Gasteiger partial charge in [-0.25, -0.2) is 0 Å². The van der Waals surface area contributed by atoms with E-state index in [4.69, 9.17) is 0 Å². The molecule has 0 spiro atoms. The molecular formula is C10H18N2O2. The van der Waals surface area contributed by atoms with Crippen molar-refractivity contribution in [1.82, 2.24) is 10.6 Å². The van der Waals surface area contributed by atoms with Crippen LogP contribution in [0, 0.1) is 5.41 Å². The van der Waals surface area contributed by atoms with Crippen molar-refractivity contribution < 1.29 is 9.59 Å². The average Bonchev–Trinajstić information content (AvgIpc) is 2.07. The molecule has 1 aliphatic heterocycles. The number of amides is 2. The number of rotatable bonds is 1. The lowest BCUT2D eigenvalue weighted by Gasteiger charge is -2.26. The van der Waals surface area contributed by atoms with E-state index in [0.29, 0.717) is 0 Å². The zero-order chi connectivity index (χ0) is 10.8. The highest BCUT2D eigenvalue weighted by atomic mass is 16.2. The maximum absolute atomic E-state index is 11.6. The van der Waals surface area contributed by atoms with E-state index < -0.39 is 5.41 Å². The Morgan fingerprint density at radius 2 is 2.14 bits per heavy atom. The Hall–Kier alpha value is -1.06. The van der Waals surface area contributed by atoms with Crippen LogP contribution in [-0.4, -0.2) is 24.4 Å². The first-order valence-corrected chi connectivity index (χ1v) is 5.00. The third-order valence-corrected chi connectivity index (χ3v) is 2.27. The average molecular weight is 198 g/mol. The van der Waals surface area contributed by atoms with Crippen molar-refractivity contribution >= 4 is 11.8 Å². The van der Waals surface area contributed by atoms with Crippen molar-refractivity contribution in [2.24, 2.45) is 5.41 Å². The first-order valence-electron chi connectivity index (χ1n) is 5.00. The quantitative estimate of drug-likeness (QED) is 0.642. The molecule has 0 unspecified atom stereocenters. The van der Waals surface area contributed by atoms with E-state index in [0.717, 1.165) is 19.4 Å². The molecule has 1 atom stereocenters. The van der Waals surface area contributed by atoms with Crippen LogP contribution in [0.4, 0.5) is 0 Å². The molecule has 1 rings (SSSR count). The van der Waals surface area contributed by atoms with Gasteiger partial charge < -0.3 is 10.6 Å². The minimum Gasteiger partial charge on any atom is -0.354 e. The predicted octanol–water partition coefficient (Wildman–Crippen LogP) is 0.427. The molecule has 80 valence electrons. The van der Waals surface area contributed by atoms with Gasteiger partial charge in [-0.3, -0.25) is 9.59 Å². The first kappa shape index (κ1) is 11.0. The van der Waals surface area contributed by atoms with Gasteiger partial charge in [0.05, 0.1) is 0 Å². The van der Waals surface area contributed by atoms with Crippen molar-refractivity contribution in [2.75, 3.05) is 6.54 Å². The summed E-state index contributed by atoms with van der Waals surface area (Å²) in [5, 5.41) is 5.49. The molecular weight excluding hydrogens is 180 g/mol. The van der Waals surface area contributed by atoms with Gasteiger partial charge >= 0.3 is 0 Å². The molecule has 2 N–H and O–H groups in total. The Labute approximate surface area is 84.4 Å². The van der Waals surface area contributed by atoms with Gasteiger partial charge in [-0.05, 0) is 12.8 Å². The second kappa shape index (κ2) is 3.98. The lowest BCUT2D eigenvalue weighted by atomic mass is 9.94. The van der Waals surface area contributed by atoms with Gasteiger partial charge in [0.1, 0.15) is 6.04 Å². The highest BCUT2D eigenvalue weighted by molar-refractivity contribution is 5.89. The largest absolute Gasteiger partial charge is 0.354 e. The number of carbonyl (C=O) groups excluding carboxylic acids is 2. The van der Waals surface area contributed by atoms with E-state index in [1.807, 2.05) is 20.8 Å². The molecule has 4 heteroatoms. The summed E-state index contributed by atoms with van der Waals surface area (Å²) in [6.07, 6.45) is 1.68. The zero-order valence-electron chi connectivity index (χ0n) is 9.02. The summed E-state index contributed by atoms with van der Waals surface area (Å²) in [7, 11) is 0. The Morgan fingerprint density at radius 3 is 2.64 bits per heavy atom. The van der Waals surface area contributed by atoms with Crippen LogP contribution in [0.15, 0.2) is 0 Å². The van der Waals surface area contributed by atoms with Crippen LogP contribution in [0.1, 0.15) is 33.6 Å². The fourth-order valence-electron chi connectivity index (χ4n) is 1.28. The Morgan fingerprint density at radius 1 is 1.50 bits per heavy atom. The van der Waals surface area contributed by atoms with Crippen LogP contribution in [0.5, 0.6) is 0 Å². The molecule has 0 aromatic carbocycles. The highest BCUT2D eigenvalue weighted by Crippen LogP contribution is 2.14. The minimum atomic E-state index is -0.433. The van der Waals surface area contributed by atoms with Crippen molar-refractivity contribution in [3.05, 3.63) is 0 Å². The molecule has 2 amide bonds. The number of nitrogens with one attached hydrogen (secondary N) is 2. The Kier molecular flexibility index (Phi) is 3.13. The SMILES string of the molecule is CC(C)(C)C(=O)N[C@@H]1CCCNC1=O. The third-order valence-electron chi connectivity index (χ3n) is 2.27. The van der Waals surface area contributed by atoms with Gasteiger partial charge in [0.15, 0.2) is 0 Å². The van der Waals surface area contributed by atoms with Gasteiger partial charge in [-0.2, -0.15) is 0 Å². The summed E-state index contributed by atoms with van der Waals surface area (Å²) in [5.74, 6) is -0.131. The smallest absolute Gasteiger partial charge is 0.242 e. The van der Waals surface area contributed by atoms with Gasteiger partial charge in [0.25, 0.3) is 0 Å². The van der Waals surface area contributed by atoms with E-state index in [1.165, 1.54) is 0 Å². The van der Waals surface area contributed by atoms with Crippen molar-refractivity contribution in [3.63, 3.8) is 0 Å². The number of hydrogen-bond acceptors (Lipinski definition) is 2. The van der Waals surface area contributed by atoms with Crippen LogP contribution >= 0.6 is 0 Å². The minimum absolute atomic E-state index is 0.0612. The van der Waals surface area contributed by atoms with E-state index in [9.17, 15) is 9.59 Å². The lowest BCUT2D eigenvalue weighted by Crippen LogP contribution is -2.52. The molecule has 0 aromatic rings. The molecule has 1 saturated heterocycles. The van der Waals surface area contributed by atoms with E-state index in [2.05, 4.69) is 10.6 Å². The highest BCUT2D eigenvalue weighted by Gasteiger charge is 2.28. The lowest BCUT2D eigenvalue weighted by molar-refractivity contribution is -0.134. The second-order valence-corrected chi connectivity index (χ2v) is 4.71. The maximum Gasteiger partial charge on any atom is 0.242 e. The first-order chi connectivity index (χ1) is 6.41. The predicted molar refractivity (Wildman–Crippen MR) is 53.6 cm³/mol. The molecule has 0 saturated carbocycles. The molecule has 0 aromatic heterocycles. The molecule has 0 radical (unpaired) electrons. The summed E-state index contributed by atoms with van der Waals surface area (Å²) >= 11 is 0. The van der Waals surface area contributed by atoms with Gasteiger partial charge in [0.2, 0.25) is 11.8 Å². The van der Waals surface area contributed by atoms with Crippen LogP contribution in [0.25, 0.3) is 0 Å². The summed E-state index contributed by atoms with van der Waals surface area (Å²) in [6.45, 7) is 6.23. The van der Waals surface area contributed by atoms with Crippen molar-refractivity contribution in [2.45, 2.75) is 39.7 Å². The monoisotopic (exact) mass is 198 g/mol. The Balaban J connectivity index is 2.51. The molecule has 4 nitrogen and oxygen atoms in total. The summed E-state index contributed by atoms with van der Waals surface area (Å²) in [4.78, 5) is 22.9. The van der Waals surface area contributed by atoms with E-state index in [-0.39, 0.29) is 17.9 Å². The van der Waals surface area contributed by atoms with Crippen LogP contribution in [0.3, 0.4) is 0 Å². The second-order valence-electron chi connectivity index (χ2n) is 4.71. The fourth-order valence-corrected chi connectivity index (χ4v) is 1.28. The summed E-state index contributed by atoms with van der Waals surface area (Å²) in [5.41, 5.74) is -0.433. The van der Waals surface area contributed by atoms with Gasteiger partial charge in [0, 0.05) is 12.0 Å². The zero-order valence-corrected chi connectivity index (χ0v) is 9.02. The molecule has 1 aliphatic rings. The van der Waals surface area contributed by atoms with Crippen LogP contribution < -0.4 is 10.6 Å². The van der Waals surface area contributed by atoms with E-state index in [1.54, 1.807) is 0 Å². The third kappa shape index (κ3) is 2.72. The standard InChI is InChI=1S/C10H18N2O2/c1-10(2,3)9(14)12-7-5-4-6-11-8(7)13/h7H,4-6H2,1-3H3,(H,11,13)(H,12,14)/t7-/m1/s1. The summed E-state index contributed by atoms with van der Waals surface area (Å²) in [6, 6.07) is -0.338. The van der Waals surface area contributed by atoms with Crippen molar-refractivity contribution in [3.8, 4) is 0 Å².